The van der Waals surface area contributed by atoms with Gasteiger partial charge in [0.2, 0.25) is 0 Å². The molecule has 0 aliphatic rings. The van der Waals surface area contributed by atoms with Crippen molar-refractivity contribution in [3.8, 4) is 55.6 Å². The highest BCUT2D eigenvalue weighted by Gasteiger charge is 2.19. The summed E-state index contributed by atoms with van der Waals surface area (Å²) in [7, 11) is 0. The van der Waals surface area contributed by atoms with Gasteiger partial charge in [-0.2, -0.15) is 0 Å². The van der Waals surface area contributed by atoms with Gasteiger partial charge in [-0.25, -0.2) is 0 Å². The van der Waals surface area contributed by atoms with Crippen molar-refractivity contribution in [1.29, 1.82) is 0 Å². The standard InChI is InChI=1S/C54H37NS/c1-4-13-38(14-5-1)43-19-10-21-45(35-43)41-25-30-48(31-26-41)55(49-32-27-42(28-33-49)46-22-11-20-44(36-46)39-15-6-2-7-16-39)51-23-12-24-53-54(51)50-37-47(29-34-52(50)56-53)40-17-8-3-9-18-40/h1-37H. The van der Waals surface area contributed by atoms with Crippen molar-refractivity contribution in [2.75, 3.05) is 4.90 Å². The van der Waals surface area contributed by atoms with Gasteiger partial charge in [0.15, 0.2) is 0 Å². The molecule has 56 heavy (non-hydrogen) atoms. The fourth-order valence-corrected chi connectivity index (χ4v) is 8.96. The Bertz CT molecular complexity index is 2800. The Kier molecular flexibility index (Phi) is 8.79. The van der Waals surface area contributed by atoms with E-state index in [9.17, 15) is 0 Å². The Labute approximate surface area is 332 Å². The molecule has 0 unspecified atom stereocenters. The van der Waals surface area contributed by atoms with E-state index in [2.05, 4.69) is 229 Å². The average Bonchev–Trinajstić information content (AvgIpc) is 3.67. The van der Waals surface area contributed by atoms with Crippen LogP contribution in [0.5, 0.6) is 0 Å². The molecule has 0 amide bonds. The maximum absolute atomic E-state index is 2.43. The van der Waals surface area contributed by atoms with E-state index in [-0.39, 0.29) is 0 Å². The van der Waals surface area contributed by atoms with Crippen molar-refractivity contribution < 1.29 is 0 Å². The summed E-state index contributed by atoms with van der Waals surface area (Å²) < 4.78 is 2.56. The lowest BCUT2D eigenvalue weighted by atomic mass is 9.98. The van der Waals surface area contributed by atoms with E-state index < -0.39 is 0 Å². The molecule has 0 N–H and O–H groups in total. The maximum atomic E-state index is 2.43. The summed E-state index contributed by atoms with van der Waals surface area (Å²) in [4.78, 5) is 2.43. The zero-order chi connectivity index (χ0) is 37.3. The predicted octanol–water partition coefficient (Wildman–Crippen LogP) is 15.9. The Balaban J connectivity index is 1.09. The van der Waals surface area contributed by atoms with E-state index in [1.54, 1.807) is 0 Å². The quantitative estimate of drug-likeness (QED) is 0.150. The number of rotatable bonds is 8. The molecule has 0 fully saturated rings. The fourth-order valence-electron chi connectivity index (χ4n) is 7.86. The van der Waals surface area contributed by atoms with Crippen LogP contribution in [0.15, 0.2) is 224 Å². The van der Waals surface area contributed by atoms with Crippen molar-refractivity contribution in [2.45, 2.75) is 0 Å². The van der Waals surface area contributed by atoms with Gasteiger partial charge < -0.3 is 4.90 Å². The lowest BCUT2D eigenvalue weighted by Gasteiger charge is -2.27. The summed E-state index contributed by atoms with van der Waals surface area (Å²) in [6, 6.07) is 81.3. The SMILES string of the molecule is c1ccc(-c2cccc(-c3ccc(N(c4ccc(-c5cccc(-c6ccccc6)c5)cc4)c4cccc5sc6ccc(-c7ccccc7)cc6c45)cc3)c2)cc1. The summed E-state index contributed by atoms with van der Waals surface area (Å²) in [5, 5.41) is 2.54. The molecule has 0 aliphatic carbocycles. The van der Waals surface area contributed by atoms with Gasteiger partial charge in [-0.1, -0.05) is 164 Å². The first-order valence-corrected chi connectivity index (χ1v) is 19.9. The van der Waals surface area contributed by atoms with Gasteiger partial charge in [-0.15, -0.1) is 11.3 Å². The van der Waals surface area contributed by atoms with Crippen LogP contribution in [0.1, 0.15) is 0 Å². The predicted molar refractivity (Wildman–Crippen MR) is 241 cm³/mol. The second-order valence-electron chi connectivity index (χ2n) is 14.2. The zero-order valence-electron chi connectivity index (χ0n) is 30.7. The number of fused-ring (bicyclic) bond motifs is 3. The zero-order valence-corrected chi connectivity index (χ0v) is 31.5. The van der Waals surface area contributed by atoms with Crippen molar-refractivity contribution in [3.05, 3.63) is 224 Å². The molecule has 0 saturated carbocycles. The van der Waals surface area contributed by atoms with Gasteiger partial charge in [0, 0.05) is 31.5 Å². The third-order valence-corrected chi connectivity index (χ3v) is 11.8. The molecule has 0 bridgehead atoms. The Morgan fingerprint density at radius 1 is 0.268 bits per heavy atom. The van der Waals surface area contributed by atoms with Crippen molar-refractivity contribution >= 4 is 48.6 Å². The number of benzene rings is 9. The number of hydrogen-bond acceptors (Lipinski definition) is 2. The molecule has 2 heteroatoms. The van der Waals surface area contributed by atoms with Gasteiger partial charge in [0.05, 0.1) is 5.69 Å². The van der Waals surface area contributed by atoms with Crippen LogP contribution in [-0.4, -0.2) is 0 Å². The maximum Gasteiger partial charge on any atom is 0.0554 e. The number of hydrogen-bond donors (Lipinski definition) is 0. The third-order valence-electron chi connectivity index (χ3n) is 10.7. The number of nitrogens with zero attached hydrogens (tertiary/aromatic N) is 1. The highest BCUT2D eigenvalue weighted by molar-refractivity contribution is 7.26. The highest BCUT2D eigenvalue weighted by atomic mass is 32.1. The summed E-state index contributed by atoms with van der Waals surface area (Å²) >= 11 is 1.86. The van der Waals surface area contributed by atoms with Crippen LogP contribution in [0.4, 0.5) is 17.1 Å². The van der Waals surface area contributed by atoms with Crippen molar-refractivity contribution in [3.63, 3.8) is 0 Å². The fraction of sp³-hybridized carbons (Fsp3) is 0. The third kappa shape index (κ3) is 6.47. The average molecular weight is 732 g/mol. The summed E-state index contributed by atoms with van der Waals surface area (Å²) in [5.41, 5.74) is 15.5. The van der Waals surface area contributed by atoms with Crippen LogP contribution < -0.4 is 4.90 Å². The largest absolute Gasteiger partial charge is 0.310 e. The molecule has 9 aromatic carbocycles. The lowest BCUT2D eigenvalue weighted by Crippen LogP contribution is -2.10. The monoisotopic (exact) mass is 731 g/mol. The Hall–Kier alpha value is -7.00. The Morgan fingerprint density at radius 2 is 0.643 bits per heavy atom. The van der Waals surface area contributed by atoms with Crippen LogP contribution in [0.25, 0.3) is 75.8 Å². The second-order valence-corrected chi connectivity index (χ2v) is 15.2. The van der Waals surface area contributed by atoms with Gasteiger partial charge in [-0.3, -0.25) is 0 Å². The van der Waals surface area contributed by atoms with Crippen LogP contribution in [0, 0.1) is 0 Å². The highest BCUT2D eigenvalue weighted by Crippen LogP contribution is 2.46. The first-order valence-electron chi connectivity index (χ1n) is 19.1. The summed E-state index contributed by atoms with van der Waals surface area (Å²) in [6.07, 6.45) is 0. The molecule has 1 heterocycles. The first-order chi connectivity index (χ1) is 27.7. The molecule has 10 rings (SSSR count). The molecule has 1 nitrogen and oxygen atoms in total. The molecule has 0 radical (unpaired) electrons. The Morgan fingerprint density at radius 3 is 1.11 bits per heavy atom. The molecule has 0 saturated heterocycles. The van der Waals surface area contributed by atoms with E-state index in [1.807, 2.05) is 11.3 Å². The van der Waals surface area contributed by atoms with Crippen LogP contribution in [0.2, 0.25) is 0 Å². The van der Waals surface area contributed by atoms with Gasteiger partial charge in [0.25, 0.3) is 0 Å². The van der Waals surface area contributed by atoms with Crippen LogP contribution in [-0.2, 0) is 0 Å². The molecule has 0 spiro atoms. The topological polar surface area (TPSA) is 3.24 Å². The molecular formula is C54H37NS. The van der Waals surface area contributed by atoms with E-state index in [4.69, 9.17) is 0 Å². The van der Waals surface area contributed by atoms with E-state index in [1.165, 1.54) is 75.8 Å². The van der Waals surface area contributed by atoms with Crippen LogP contribution >= 0.6 is 11.3 Å². The van der Waals surface area contributed by atoms with E-state index in [0.29, 0.717) is 0 Å². The minimum absolute atomic E-state index is 1.11. The second kappa shape index (κ2) is 14.7. The van der Waals surface area contributed by atoms with Gasteiger partial charge in [-0.05, 0) is 116 Å². The molecule has 264 valence electrons. The van der Waals surface area contributed by atoms with Gasteiger partial charge in [0.1, 0.15) is 0 Å². The molecular weight excluding hydrogens is 695 g/mol. The molecule has 10 aromatic rings. The van der Waals surface area contributed by atoms with Crippen LogP contribution in [0.3, 0.4) is 0 Å². The van der Waals surface area contributed by atoms with Gasteiger partial charge >= 0.3 is 0 Å². The van der Waals surface area contributed by atoms with E-state index in [0.717, 1.165) is 17.1 Å². The number of thiophene rings is 1. The summed E-state index contributed by atoms with van der Waals surface area (Å²) in [5.74, 6) is 0. The first kappa shape index (κ1) is 33.6. The summed E-state index contributed by atoms with van der Waals surface area (Å²) in [6.45, 7) is 0. The van der Waals surface area contributed by atoms with Crippen molar-refractivity contribution in [1.82, 2.24) is 0 Å². The van der Waals surface area contributed by atoms with E-state index >= 15 is 0 Å². The smallest absolute Gasteiger partial charge is 0.0554 e. The number of anilines is 3. The molecule has 1 aromatic heterocycles. The normalized spacial score (nSPS) is 11.2. The van der Waals surface area contributed by atoms with Crippen molar-refractivity contribution in [2.24, 2.45) is 0 Å². The lowest BCUT2D eigenvalue weighted by molar-refractivity contribution is 1.30. The minimum Gasteiger partial charge on any atom is -0.310 e. The molecule has 0 aliphatic heterocycles. The minimum atomic E-state index is 1.11. The molecule has 0 atom stereocenters.